The molecule has 1 aromatic carbocycles. The van der Waals surface area contributed by atoms with Gasteiger partial charge in [-0.05, 0) is 64.2 Å². The van der Waals surface area contributed by atoms with E-state index in [1.807, 2.05) is 32.6 Å². The molecule has 1 atom stereocenters. The van der Waals surface area contributed by atoms with Gasteiger partial charge in [0.15, 0.2) is 5.84 Å². The molecular weight excluding hydrogens is 398 g/mol. The fourth-order valence-electron chi connectivity index (χ4n) is 4.21. The van der Waals surface area contributed by atoms with Gasteiger partial charge in [0.2, 0.25) is 0 Å². The molecule has 4 aliphatic rings. The number of fused-ring (bicyclic) bond motifs is 3. The highest BCUT2D eigenvalue weighted by atomic mass is 16.6. The highest BCUT2D eigenvalue weighted by molar-refractivity contribution is 6.09. The molecule has 3 heterocycles. The highest BCUT2D eigenvalue weighted by Gasteiger charge is 2.39. The van der Waals surface area contributed by atoms with Crippen LogP contribution in [0.25, 0.3) is 0 Å². The summed E-state index contributed by atoms with van der Waals surface area (Å²) in [4.78, 5) is 28.1. The zero-order valence-electron chi connectivity index (χ0n) is 18.4. The molecule has 3 aliphatic heterocycles. The van der Waals surface area contributed by atoms with Crippen LogP contribution < -0.4 is 20.4 Å². The van der Waals surface area contributed by atoms with Crippen molar-refractivity contribution in [2.75, 3.05) is 29.9 Å². The zero-order valence-corrected chi connectivity index (χ0v) is 18.4. The molecule has 31 heavy (non-hydrogen) atoms. The molecule has 1 aliphatic carbocycles. The molecule has 9 heteroatoms. The lowest BCUT2D eigenvalue weighted by Crippen LogP contribution is -2.58. The van der Waals surface area contributed by atoms with E-state index in [1.165, 1.54) is 5.56 Å². The van der Waals surface area contributed by atoms with Crippen molar-refractivity contribution < 1.29 is 19.1 Å². The second-order valence-corrected chi connectivity index (χ2v) is 9.75. The van der Waals surface area contributed by atoms with E-state index >= 15 is 0 Å². The molecule has 2 fully saturated rings. The number of carbonyl (C=O) groups excluding carboxylic acids is 2. The number of carbonyl (C=O) groups is 2. The minimum atomic E-state index is -0.496. The van der Waals surface area contributed by atoms with Gasteiger partial charge in [-0.25, -0.2) is 10.2 Å². The topological polar surface area (TPSA) is 95.5 Å². The average Bonchev–Trinajstić information content (AvgIpc) is 3.49. The minimum Gasteiger partial charge on any atom is -0.483 e. The summed E-state index contributed by atoms with van der Waals surface area (Å²) >= 11 is 0. The lowest BCUT2D eigenvalue weighted by molar-refractivity contribution is -0.122. The van der Waals surface area contributed by atoms with Gasteiger partial charge >= 0.3 is 6.09 Å². The fourth-order valence-corrected chi connectivity index (χ4v) is 4.21. The van der Waals surface area contributed by atoms with Crippen molar-refractivity contribution in [1.29, 1.82) is 0 Å². The van der Waals surface area contributed by atoms with Gasteiger partial charge in [-0.3, -0.25) is 4.79 Å². The quantitative estimate of drug-likeness (QED) is 0.770. The van der Waals surface area contributed by atoms with Crippen molar-refractivity contribution >= 4 is 29.2 Å². The number of benzene rings is 1. The van der Waals surface area contributed by atoms with Crippen molar-refractivity contribution in [2.45, 2.75) is 64.1 Å². The second kappa shape index (κ2) is 7.03. The van der Waals surface area contributed by atoms with Crippen molar-refractivity contribution in [3.05, 3.63) is 17.7 Å². The van der Waals surface area contributed by atoms with Crippen LogP contribution in [0.5, 0.6) is 5.75 Å². The third-order valence-electron chi connectivity index (χ3n) is 6.00. The van der Waals surface area contributed by atoms with E-state index in [-0.39, 0.29) is 24.1 Å². The number of amides is 2. The number of amidine groups is 1. The van der Waals surface area contributed by atoms with Gasteiger partial charge in [0.1, 0.15) is 24.0 Å². The number of anilines is 2. The Labute approximate surface area is 181 Å². The molecule has 0 unspecified atom stereocenters. The smallest absolute Gasteiger partial charge is 0.410 e. The third kappa shape index (κ3) is 3.77. The molecule has 0 radical (unpaired) electrons. The third-order valence-corrected chi connectivity index (χ3v) is 6.00. The molecule has 0 aromatic heterocycles. The summed E-state index contributed by atoms with van der Waals surface area (Å²) < 4.78 is 11.4. The molecule has 2 amide bonds. The normalized spacial score (nSPS) is 23.0. The standard InChI is InChI=1S/C22H29N5O4/c1-12-20(28)25-24-19-11-30-18-7-15(13-5-6-13)16(8-17(18)27(12)19)23-14-9-26(10-14)21(29)31-22(2,3)4/h7-8,12-14,23H,5-6,9-11H2,1-4H3,(H,25,28)/t12-/m0/s1. The first-order chi connectivity index (χ1) is 14.7. The Bertz CT molecular complexity index is 959. The number of rotatable bonds is 3. The Kier molecular flexibility index (Phi) is 4.53. The predicted octanol–water partition coefficient (Wildman–Crippen LogP) is 2.63. The van der Waals surface area contributed by atoms with Gasteiger partial charge < -0.3 is 24.6 Å². The second-order valence-electron chi connectivity index (χ2n) is 9.75. The van der Waals surface area contributed by atoms with Gasteiger partial charge in [-0.15, -0.1) is 0 Å². The van der Waals surface area contributed by atoms with E-state index in [9.17, 15) is 9.59 Å². The predicted molar refractivity (Wildman–Crippen MR) is 117 cm³/mol. The number of likely N-dealkylation sites (tertiary alicyclic amines) is 1. The van der Waals surface area contributed by atoms with Crippen LogP contribution in [0.15, 0.2) is 17.2 Å². The molecule has 166 valence electrons. The number of hydrogen-bond acceptors (Lipinski definition) is 7. The van der Waals surface area contributed by atoms with Crippen LogP contribution in [0.4, 0.5) is 16.2 Å². The van der Waals surface area contributed by atoms with Crippen LogP contribution in [0.1, 0.15) is 52.0 Å². The Morgan fingerprint density at radius 3 is 2.71 bits per heavy atom. The summed E-state index contributed by atoms with van der Waals surface area (Å²) in [5.74, 6) is 1.88. The molecule has 1 aromatic rings. The van der Waals surface area contributed by atoms with E-state index in [2.05, 4.69) is 28.0 Å². The van der Waals surface area contributed by atoms with Crippen LogP contribution in [0, 0.1) is 0 Å². The van der Waals surface area contributed by atoms with Gasteiger partial charge in [0.05, 0.1) is 11.7 Å². The van der Waals surface area contributed by atoms with Crippen molar-refractivity contribution in [2.24, 2.45) is 5.10 Å². The molecule has 1 saturated carbocycles. The molecule has 5 rings (SSSR count). The van der Waals surface area contributed by atoms with Crippen LogP contribution in [0.2, 0.25) is 0 Å². The van der Waals surface area contributed by atoms with Gasteiger partial charge in [-0.2, -0.15) is 5.10 Å². The van der Waals surface area contributed by atoms with Crippen molar-refractivity contribution in [3.63, 3.8) is 0 Å². The maximum atomic E-state index is 12.2. The monoisotopic (exact) mass is 427 g/mol. The maximum absolute atomic E-state index is 12.2. The summed E-state index contributed by atoms with van der Waals surface area (Å²) in [5, 5.41) is 7.78. The first-order valence-electron chi connectivity index (χ1n) is 10.9. The van der Waals surface area contributed by atoms with Gasteiger partial charge in [0, 0.05) is 18.8 Å². The molecule has 0 bridgehead atoms. The number of nitrogens with zero attached hydrogens (tertiary/aromatic N) is 3. The molecule has 2 N–H and O–H groups in total. The van der Waals surface area contributed by atoms with E-state index in [0.29, 0.717) is 31.4 Å². The van der Waals surface area contributed by atoms with E-state index < -0.39 is 5.60 Å². The molecule has 0 spiro atoms. The SMILES string of the molecule is C[C@H]1C(=O)NN=C2COc3cc(C4CC4)c(NC4CN(C(=O)OC(C)(C)C)C4)cc3N21. The first kappa shape index (κ1) is 20.0. The average molecular weight is 428 g/mol. The number of nitrogens with one attached hydrogen (secondary N) is 2. The van der Waals surface area contributed by atoms with Crippen molar-refractivity contribution in [1.82, 2.24) is 10.3 Å². The zero-order chi connectivity index (χ0) is 21.9. The lowest BCUT2D eigenvalue weighted by atomic mass is 10.0. The Morgan fingerprint density at radius 1 is 1.29 bits per heavy atom. The van der Waals surface area contributed by atoms with Crippen LogP contribution >= 0.6 is 0 Å². The van der Waals surface area contributed by atoms with E-state index in [1.54, 1.807) is 4.90 Å². The molecule has 1 saturated heterocycles. The Hall–Kier alpha value is -2.97. The summed E-state index contributed by atoms with van der Waals surface area (Å²) in [6, 6.07) is 3.97. The largest absolute Gasteiger partial charge is 0.483 e. The number of hydrazone groups is 1. The summed E-state index contributed by atoms with van der Waals surface area (Å²) in [6.07, 6.45) is 2.05. The summed E-state index contributed by atoms with van der Waals surface area (Å²) in [5.41, 5.74) is 5.19. The van der Waals surface area contributed by atoms with Crippen LogP contribution in [0.3, 0.4) is 0 Å². The molecule has 9 nitrogen and oxygen atoms in total. The maximum Gasteiger partial charge on any atom is 0.410 e. The Morgan fingerprint density at radius 2 is 2.03 bits per heavy atom. The minimum absolute atomic E-state index is 0.135. The summed E-state index contributed by atoms with van der Waals surface area (Å²) in [6.45, 7) is 9.02. The number of ether oxygens (including phenoxy) is 2. The van der Waals surface area contributed by atoms with E-state index in [4.69, 9.17) is 9.47 Å². The fraction of sp³-hybridized carbons (Fsp3) is 0.591. The first-order valence-corrected chi connectivity index (χ1v) is 10.9. The van der Waals surface area contributed by atoms with Gasteiger partial charge in [0.25, 0.3) is 5.91 Å². The van der Waals surface area contributed by atoms with E-state index in [0.717, 1.165) is 30.0 Å². The highest BCUT2D eigenvalue weighted by Crippen LogP contribution is 2.48. The Balaban J connectivity index is 1.36. The van der Waals surface area contributed by atoms with Crippen molar-refractivity contribution in [3.8, 4) is 5.75 Å². The van der Waals surface area contributed by atoms with Crippen LogP contribution in [-0.4, -0.2) is 60.1 Å². The molecular formula is C22H29N5O4. The number of hydrogen-bond donors (Lipinski definition) is 2. The lowest BCUT2D eigenvalue weighted by Gasteiger charge is -2.41. The van der Waals surface area contributed by atoms with Gasteiger partial charge in [-0.1, -0.05) is 0 Å². The van der Waals surface area contributed by atoms with Crippen LogP contribution in [-0.2, 0) is 9.53 Å². The summed E-state index contributed by atoms with van der Waals surface area (Å²) in [7, 11) is 0.